The summed E-state index contributed by atoms with van der Waals surface area (Å²) in [5, 5.41) is 11.4. The molecule has 0 saturated carbocycles. The number of aromatic nitrogens is 2. The van der Waals surface area contributed by atoms with E-state index in [1.54, 1.807) is 20.8 Å². The summed E-state index contributed by atoms with van der Waals surface area (Å²) in [6, 6.07) is 0. The third-order valence-electron chi connectivity index (χ3n) is 2.65. The molecule has 7 heteroatoms. The molecule has 0 aliphatic heterocycles. The van der Waals surface area contributed by atoms with Crippen LogP contribution in [0.25, 0.3) is 0 Å². The van der Waals surface area contributed by atoms with Gasteiger partial charge in [0.15, 0.2) is 0 Å². The van der Waals surface area contributed by atoms with Gasteiger partial charge in [-0.1, -0.05) is 18.5 Å². The van der Waals surface area contributed by atoms with Crippen molar-refractivity contribution in [2.45, 2.75) is 39.7 Å². The molecule has 0 fully saturated rings. The molecule has 21 heavy (non-hydrogen) atoms. The number of rotatable bonds is 6. The van der Waals surface area contributed by atoms with Crippen LogP contribution in [-0.4, -0.2) is 33.8 Å². The predicted octanol–water partition coefficient (Wildman–Crippen LogP) is 2.93. The number of carbonyl (C=O) groups excluding carboxylic acids is 1. The minimum atomic E-state index is -0.603. The van der Waals surface area contributed by atoms with Crippen LogP contribution in [0.15, 0.2) is 12.4 Å². The van der Waals surface area contributed by atoms with Gasteiger partial charge in [0.1, 0.15) is 11.3 Å². The van der Waals surface area contributed by atoms with Crippen LogP contribution in [0.1, 0.15) is 34.1 Å². The Kier molecular flexibility index (Phi) is 6.08. The van der Waals surface area contributed by atoms with Crippen molar-refractivity contribution in [3.8, 4) is 0 Å². The molecule has 0 aliphatic rings. The first kappa shape index (κ1) is 17.4. The fourth-order valence-electron chi connectivity index (χ4n) is 1.57. The van der Waals surface area contributed by atoms with E-state index < -0.39 is 11.6 Å². The molecule has 1 aromatic rings. The van der Waals surface area contributed by atoms with E-state index in [1.807, 2.05) is 6.92 Å². The molecule has 0 bridgehead atoms. The van der Waals surface area contributed by atoms with Gasteiger partial charge in [-0.25, -0.2) is 14.8 Å². The SMILES string of the molecule is CC[C@@H](CNc1ncc(Cl)cn1)C(=N)C(=O)OC(C)(C)C. The zero-order valence-corrected chi connectivity index (χ0v) is 13.5. The lowest BCUT2D eigenvalue weighted by Gasteiger charge is -2.22. The largest absolute Gasteiger partial charge is 0.455 e. The van der Waals surface area contributed by atoms with Gasteiger partial charge in [0.25, 0.3) is 0 Å². The van der Waals surface area contributed by atoms with Gasteiger partial charge in [0.2, 0.25) is 5.95 Å². The molecular weight excluding hydrogens is 292 g/mol. The molecule has 0 unspecified atom stereocenters. The number of carbonyl (C=O) groups is 1. The quantitative estimate of drug-likeness (QED) is 0.623. The van der Waals surface area contributed by atoms with E-state index in [9.17, 15) is 4.79 Å². The van der Waals surface area contributed by atoms with Crippen LogP contribution in [0.5, 0.6) is 0 Å². The van der Waals surface area contributed by atoms with Gasteiger partial charge >= 0.3 is 5.97 Å². The average Bonchev–Trinajstić information content (AvgIpc) is 2.39. The van der Waals surface area contributed by atoms with Crippen molar-refractivity contribution in [3.63, 3.8) is 0 Å². The van der Waals surface area contributed by atoms with E-state index in [1.165, 1.54) is 12.4 Å². The molecule has 0 aromatic carbocycles. The minimum Gasteiger partial charge on any atom is -0.455 e. The summed E-state index contributed by atoms with van der Waals surface area (Å²) in [6.07, 6.45) is 3.60. The summed E-state index contributed by atoms with van der Waals surface area (Å²) in [6.45, 7) is 7.63. The van der Waals surface area contributed by atoms with Crippen molar-refractivity contribution in [2.75, 3.05) is 11.9 Å². The van der Waals surface area contributed by atoms with Crippen molar-refractivity contribution in [1.29, 1.82) is 5.41 Å². The number of esters is 1. The van der Waals surface area contributed by atoms with Crippen molar-refractivity contribution in [3.05, 3.63) is 17.4 Å². The topological polar surface area (TPSA) is 88.0 Å². The summed E-state index contributed by atoms with van der Waals surface area (Å²) in [5.74, 6) is -0.442. The molecule has 0 radical (unpaired) electrons. The van der Waals surface area contributed by atoms with Gasteiger partial charge < -0.3 is 10.1 Å². The molecular formula is C14H21ClN4O2. The zero-order valence-electron chi connectivity index (χ0n) is 12.7. The Hall–Kier alpha value is -1.69. The van der Waals surface area contributed by atoms with Gasteiger partial charge in [-0.3, -0.25) is 5.41 Å². The van der Waals surface area contributed by atoms with Crippen LogP contribution in [0, 0.1) is 11.3 Å². The highest BCUT2D eigenvalue weighted by Crippen LogP contribution is 2.13. The summed E-state index contributed by atoms with van der Waals surface area (Å²) in [5.41, 5.74) is -0.650. The highest BCUT2D eigenvalue weighted by Gasteiger charge is 2.25. The van der Waals surface area contributed by atoms with Crippen molar-refractivity contribution in [1.82, 2.24) is 9.97 Å². The molecule has 0 amide bonds. The van der Waals surface area contributed by atoms with Crippen molar-refractivity contribution < 1.29 is 9.53 Å². The molecule has 0 spiro atoms. The highest BCUT2D eigenvalue weighted by atomic mass is 35.5. The maximum absolute atomic E-state index is 11.9. The average molecular weight is 313 g/mol. The van der Waals surface area contributed by atoms with Crippen molar-refractivity contribution in [2.24, 2.45) is 5.92 Å². The number of nitrogens with one attached hydrogen (secondary N) is 2. The van der Waals surface area contributed by atoms with Gasteiger partial charge in [0, 0.05) is 12.5 Å². The van der Waals surface area contributed by atoms with E-state index in [4.69, 9.17) is 21.7 Å². The second-order valence-corrected chi connectivity index (χ2v) is 6.06. The lowest BCUT2D eigenvalue weighted by Crippen LogP contribution is -2.34. The van der Waals surface area contributed by atoms with Gasteiger partial charge in [-0.2, -0.15) is 0 Å². The summed E-state index contributed by atoms with van der Waals surface area (Å²) in [4.78, 5) is 19.9. The van der Waals surface area contributed by atoms with Gasteiger partial charge in [-0.15, -0.1) is 0 Å². The first-order valence-corrected chi connectivity index (χ1v) is 7.14. The molecule has 1 heterocycles. The van der Waals surface area contributed by atoms with E-state index in [2.05, 4.69) is 15.3 Å². The Morgan fingerprint density at radius 3 is 2.48 bits per heavy atom. The smallest absolute Gasteiger partial charge is 0.352 e. The molecule has 116 valence electrons. The molecule has 2 N–H and O–H groups in total. The Morgan fingerprint density at radius 1 is 1.43 bits per heavy atom. The van der Waals surface area contributed by atoms with E-state index >= 15 is 0 Å². The van der Waals surface area contributed by atoms with Crippen LogP contribution in [0.2, 0.25) is 5.02 Å². The maximum atomic E-state index is 11.9. The number of hydrogen-bond donors (Lipinski definition) is 2. The molecule has 0 saturated heterocycles. The van der Waals surface area contributed by atoms with Gasteiger partial charge in [0.05, 0.1) is 17.4 Å². The van der Waals surface area contributed by atoms with E-state index in [0.29, 0.717) is 23.9 Å². The third-order valence-corrected chi connectivity index (χ3v) is 2.84. The number of hydrogen-bond acceptors (Lipinski definition) is 6. The van der Waals surface area contributed by atoms with E-state index in [0.717, 1.165) is 0 Å². The standard InChI is InChI=1S/C14H21ClN4O2/c1-5-9(11(16)12(20)21-14(2,3)4)6-17-13-18-7-10(15)8-19-13/h7-9,16H,5-6H2,1-4H3,(H,17,18,19)/t9-/m0/s1. The molecule has 0 aliphatic carbocycles. The summed E-state index contributed by atoms with van der Waals surface area (Å²) in [7, 11) is 0. The first-order valence-electron chi connectivity index (χ1n) is 6.76. The maximum Gasteiger partial charge on any atom is 0.352 e. The minimum absolute atomic E-state index is 0.0473. The third kappa shape index (κ3) is 6.08. The highest BCUT2D eigenvalue weighted by molar-refractivity contribution is 6.36. The second-order valence-electron chi connectivity index (χ2n) is 5.63. The Bertz CT molecular complexity index is 497. The van der Waals surface area contributed by atoms with Crippen molar-refractivity contribution >= 4 is 29.2 Å². The normalized spacial score (nSPS) is 12.6. The second kappa shape index (κ2) is 7.36. The van der Waals surface area contributed by atoms with Gasteiger partial charge in [-0.05, 0) is 27.2 Å². The van der Waals surface area contributed by atoms with Crippen LogP contribution >= 0.6 is 11.6 Å². The number of anilines is 1. The lowest BCUT2D eigenvalue weighted by molar-refractivity contribution is -0.146. The monoisotopic (exact) mass is 312 g/mol. The molecule has 1 aromatic heterocycles. The molecule has 6 nitrogen and oxygen atoms in total. The van der Waals surface area contributed by atoms with Crippen LogP contribution in [0.3, 0.4) is 0 Å². The summed E-state index contributed by atoms with van der Waals surface area (Å²) >= 11 is 5.71. The van der Waals surface area contributed by atoms with Crippen LogP contribution in [0.4, 0.5) is 5.95 Å². The first-order chi connectivity index (χ1) is 9.73. The summed E-state index contributed by atoms with van der Waals surface area (Å²) < 4.78 is 5.21. The fraction of sp³-hybridized carbons (Fsp3) is 0.571. The molecule has 1 atom stereocenters. The Morgan fingerprint density at radius 2 is 2.00 bits per heavy atom. The number of ether oxygens (including phenoxy) is 1. The Balaban J connectivity index is 2.59. The number of nitrogens with zero attached hydrogens (tertiary/aromatic N) is 2. The predicted molar refractivity (Wildman–Crippen MR) is 82.9 cm³/mol. The Labute approximate surface area is 129 Å². The zero-order chi connectivity index (χ0) is 16.0. The van der Waals surface area contributed by atoms with Crippen LogP contribution in [-0.2, 0) is 9.53 Å². The van der Waals surface area contributed by atoms with Crippen LogP contribution < -0.4 is 5.32 Å². The lowest BCUT2D eigenvalue weighted by atomic mass is 10.00. The van der Waals surface area contributed by atoms with E-state index in [-0.39, 0.29) is 11.6 Å². The molecule has 1 rings (SSSR count). The number of halogens is 1. The fourth-order valence-corrected chi connectivity index (χ4v) is 1.67.